The molecule has 7 nitrogen and oxygen atoms in total. The van der Waals surface area contributed by atoms with Gasteiger partial charge in [-0.1, -0.05) is 24.3 Å². The van der Waals surface area contributed by atoms with Gasteiger partial charge < -0.3 is 25.1 Å². The van der Waals surface area contributed by atoms with E-state index >= 15 is 0 Å². The number of fused-ring (bicyclic) bond motifs is 2. The van der Waals surface area contributed by atoms with Gasteiger partial charge in [-0.15, -0.1) is 0 Å². The first-order chi connectivity index (χ1) is 15.6. The molecule has 7 heteroatoms. The zero-order valence-electron chi connectivity index (χ0n) is 17.1. The Balaban J connectivity index is 1.63. The number of nitrogens with zero attached hydrogens (tertiary/aromatic N) is 2. The molecule has 2 unspecified atom stereocenters. The minimum absolute atomic E-state index is 0.00493. The number of nitriles is 1. The van der Waals surface area contributed by atoms with Crippen molar-refractivity contribution in [3.8, 4) is 28.7 Å². The number of allylic oxidation sites excluding steroid dienone is 1. The minimum atomic E-state index is -1.31. The van der Waals surface area contributed by atoms with Crippen LogP contribution in [0.3, 0.4) is 0 Å². The second-order valence-corrected chi connectivity index (χ2v) is 7.40. The van der Waals surface area contributed by atoms with E-state index in [1.54, 1.807) is 37.7 Å². The number of hydrogen-bond acceptors (Lipinski definition) is 7. The molecule has 0 spiro atoms. The number of aromatic nitrogens is 1. The topological polar surface area (TPSA) is 111 Å². The Bertz CT molecular complexity index is 1290. The molecule has 2 aliphatic heterocycles. The van der Waals surface area contributed by atoms with Gasteiger partial charge in [-0.25, -0.2) is 0 Å². The standard InChI is InChI=1S/C25H19N3O4/c1-30-17-6-7-18-20(12-17)31-25(29)22-21(19(13-26)24(27)32-23(18)22)16-4-2-14(3-5-16)15-8-10-28-11-9-15/h2-12,21,25,29H,27H2,1H3. The fourth-order valence-corrected chi connectivity index (χ4v) is 4.09. The summed E-state index contributed by atoms with van der Waals surface area (Å²) in [6.07, 6.45) is 2.15. The maximum Gasteiger partial charge on any atom is 0.225 e. The summed E-state index contributed by atoms with van der Waals surface area (Å²) < 4.78 is 16.9. The van der Waals surface area contributed by atoms with Gasteiger partial charge in [0.25, 0.3) is 0 Å². The van der Waals surface area contributed by atoms with Crippen LogP contribution in [0.15, 0.2) is 84.0 Å². The van der Waals surface area contributed by atoms with E-state index in [9.17, 15) is 10.4 Å². The highest BCUT2D eigenvalue weighted by Gasteiger charge is 2.41. The predicted molar refractivity (Wildman–Crippen MR) is 117 cm³/mol. The van der Waals surface area contributed by atoms with Gasteiger partial charge in [-0.05, 0) is 41.0 Å². The van der Waals surface area contributed by atoms with Crippen LogP contribution in [0.1, 0.15) is 17.0 Å². The highest BCUT2D eigenvalue weighted by Crippen LogP contribution is 2.49. The SMILES string of the molecule is COc1ccc2c(c1)OC(O)C1=C2OC(N)=C(C#N)C1c1ccc(-c2ccncc2)cc1. The van der Waals surface area contributed by atoms with Crippen molar-refractivity contribution in [3.05, 3.63) is 95.1 Å². The zero-order chi connectivity index (χ0) is 22.2. The average Bonchev–Trinajstić information content (AvgIpc) is 2.83. The van der Waals surface area contributed by atoms with E-state index in [4.69, 9.17) is 19.9 Å². The molecule has 3 N–H and O–H groups in total. The Hall–Kier alpha value is -4.28. The predicted octanol–water partition coefficient (Wildman–Crippen LogP) is 3.69. The summed E-state index contributed by atoms with van der Waals surface area (Å²) in [5, 5.41) is 20.7. The number of rotatable bonds is 3. The maximum atomic E-state index is 10.9. The van der Waals surface area contributed by atoms with Gasteiger partial charge in [0, 0.05) is 18.5 Å². The van der Waals surface area contributed by atoms with Crippen molar-refractivity contribution in [3.63, 3.8) is 0 Å². The lowest BCUT2D eigenvalue weighted by molar-refractivity contribution is 0.00454. The van der Waals surface area contributed by atoms with Crippen molar-refractivity contribution in [2.24, 2.45) is 5.73 Å². The first kappa shape index (κ1) is 19.7. The van der Waals surface area contributed by atoms with E-state index in [0.717, 1.165) is 16.7 Å². The third-order valence-corrected chi connectivity index (χ3v) is 5.66. The Morgan fingerprint density at radius 2 is 1.78 bits per heavy atom. The first-order valence-electron chi connectivity index (χ1n) is 9.96. The third-order valence-electron chi connectivity index (χ3n) is 5.66. The molecule has 2 atom stereocenters. The van der Waals surface area contributed by atoms with Crippen molar-refractivity contribution in [2.45, 2.75) is 12.2 Å². The molecule has 1 aromatic heterocycles. The Morgan fingerprint density at radius 3 is 2.47 bits per heavy atom. The first-order valence-corrected chi connectivity index (χ1v) is 9.96. The summed E-state index contributed by atoms with van der Waals surface area (Å²) in [7, 11) is 1.55. The lowest BCUT2D eigenvalue weighted by Crippen LogP contribution is -2.33. The van der Waals surface area contributed by atoms with Gasteiger partial charge in [-0.2, -0.15) is 5.26 Å². The lowest BCUT2D eigenvalue weighted by atomic mass is 9.80. The molecule has 0 saturated heterocycles. The summed E-state index contributed by atoms with van der Waals surface area (Å²) in [6, 6.07) is 19.0. The third kappa shape index (κ3) is 3.14. The molecule has 0 radical (unpaired) electrons. The molecule has 0 amide bonds. The van der Waals surface area contributed by atoms with Gasteiger partial charge >= 0.3 is 0 Å². The lowest BCUT2D eigenvalue weighted by Gasteiger charge is -2.35. The number of benzene rings is 2. The number of ether oxygens (including phenoxy) is 3. The highest BCUT2D eigenvalue weighted by molar-refractivity contribution is 5.77. The highest BCUT2D eigenvalue weighted by atomic mass is 16.6. The van der Waals surface area contributed by atoms with Crippen molar-refractivity contribution >= 4 is 5.76 Å². The van der Waals surface area contributed by atoms with E-state index in [1.807, 2.05) is 36.4 Å². The molecule has 3 aromatic rings. The summed E-state index contributed by atoms with van der Waals surface area (Å²) in [6.45, 7) is 0. The van der Waals surface area contributed by atoms with Gasteiger partial charge in [-0.3, -0.25) is 4.98 Å². The summed E-state index contributed by atoms with van der Waals surface area (Å²) in [5.74, 6) is 0.780. The second kappa shape index (κ2) is 7.76. The van der Waals surface area contributed by atoms with Crippen LogP contribution < -0.4 is 15.2 Å². The number of pyridine rings is 1. The molecule has 0 bridgehead atoms. The Kier molecular flexibility index (Phi) is 4.77. The van der Waals surface area contributed by atoms with Gasteiger partial charge in [0.1, 0.15) is 28.9 Å². The van der Waals surface area contributed by atoms with E-state index < -0.39 is 12.2 Å². The van der Waals surface area contributed by atoms with Crippen LogP contribution >= 0.6 is 0 Å². The van der Waals surface area contributed by atoms with Crippen LogP contribution in [-0.2, 0) is 4.74 Å². The molecule has 0 aliphatic carbocycles. The van der Waals surface area contributed by atoms with Crippen molar-refractivity contribution in [2.75, 3.05) is 7.11 Å². The maximum absolute atomic E-state index is 10.9. The monoisotopic (exact) mass is 425 g/mol. The van der Waals surface area contributed by atoms with E-state index in [-0.39, 0.29) is 11.5 Å². The fraction of sp³-hybridized carbons (Fsp3) is 0.120. The average molecular weight is 425 g/mol. The molecular weight excluding hydrogens is 406 g/mol. The van der Waals surface area contributed by atoms with Crippen LogP contribution in [0.25, 0.3) is 16.9 Å². The normalized spacial score (nSPS) is 19.3. The minimum Gasteiger partial charge on any atom is -0.497 e. The van der Waals surface area contributed by atoms with Crippen molar-refractivity contribution < 1.29 is 19.3 Å². The molecule has 32 heavy (non-hydrogen) atoms. The number of hydrogen-bond donors (Lipinski definition) is 2. The smallest absolute Gasteiger partial charge is 0.225 e. The van der Waals surface area contributed by atoms with Crippen molar-refractivity contribution in [1.29, 1.82) is 5.26 Å². The summed E-state index contributed by atoms with van der Waals surface area (Å²) in [4.78, 5) is 4.05. The molecule has 0 saturated carbocycles. The van der Waals surface area contributed by atoms with E-state index in [1.165, 1.54) is 0 Å². The summed E-state index contributed by atoms with van der Waals surface area (Å²) in [5.41, 5.74) is 10.3. The number of aliphatic hydroxyl groups excluding tert-OH is 1. The largest absolute Gasteiger partial charge is 0.497 e. The van der Waals surface area contributed by atoms with Crippen LogP contribution in [-0.4, -0.2) is 23.5 Å². The zero-order valence-corrected chi connectivity index (χ0v) is 17.1. The van der Waals surface area contributed by atoms with E-state index in [2.05, 4.69) is 11.1 Å². The Labute approximate surface area is 184 Å². The van der Waals surface area contributed by atoms with Crippen LogP contribution in [0, 0.1) is 11.3 Å². The van der Waals surface area contributed by atoms with Crippen molar-refractivity contribution in [1.82, 2.24) is 4.98 Å². The van der Waals surface area contributed by atoms with Gasteiger partial charge in [0.15, 0.2) is 0 Å². The quantitative estimate of drug-likeness (QED) is 0.658. The molecule has 0 fully saturated rings. The number of nitrogens with two attached hydrogens (primary N) is 1. The Morgan fingerprint density at radius 1 is 1.06 bits per heavy atom. The molecule has 158 valence electrons. The van der Waals surface area contributed by atoms with Crippen LogP contribution in [0.5, 0.6) is 11.5 Å². The number of methoxy groups -OCH3 is 1. The summed E-state index contributed by atoms with van der Waals surface area (Å²) >= 11 is 0. The molecule has 5 rings (SSSR count). The number of aliphatic hydroxyl groups is 1. The second-order valence-electron chi connectivity index (χ2n) is 7.40. The molecular formula is C25H19N3O4. The fourth-order valence-electron chi connectivity index (χ4n) is 4.09. The van der Waals surface area contributed by atoms with E-state index in [0.29, 0.717) is 28.4 Å². The van der Waals surface area contributed by atoms with Crippen LogP contribution in [0.4, 0.5) is 0 Å². The van der Waals surface area contributed by atoms with Gasteiger partial charge in [0.2, 0.25) is 12.2 Å². The molecule has 2 aromatic carbocycles. The molecule has 3 heterocycles. The van der Waals surface area contributed by atoms with Crippen LogP contribution in [0.2, 0.25) is 0 Å². The van der Waals surface area contributed by atoms with Gasteiger partial charge in [0.05, 0.1) is 24.2 Å². The molecule has 2 aliphatic rings.